The van der Waals surface area contributed by atoms with Crippen LogP contribution in [-0.2, 0) is 11.5 Å². The van der Waals surface area contributed by atoms with Gasteiger partial charge in [-0.2, -0.15) is 11.8 Å². The summed E-state index contributed by atoms with van der Waals surface area (Å²) in [6, 6.07) is 26.0. The molecule has 0 saturated carbocycles. The minimum atomic E-state index is -0.0165. The monoisotopic (exact) mass is 427 g/mol. The molecule has 0 unspecified atom stereocenters. The van der Waals surface area contributed by atoms with Crippen molar-refractivity contribution in [2.24, 2.45) is 0 Å². The van der Waals surface area contributed by atoms with Crippen LogP contribution in [0.4, 0.5) is 0 Å². The van der Waals surface area contributed by atoms with Gasteiger partial charge in [0, 0.05) is 39.3 Å². The number of carbonyl (C=O) groups is 1. The highest BCUT2D eigenvalue weighted by Crippen LogP contribution is 2.24. The third kappa shape index (κ3) is 6.93. The van der Waals surface area contributed by atoms with Crippen LogP contribution in [0.25, 0.3) is 0 Å². The van der Waals surface area contributed by atoms with Crippen LogP contribution < -0.4 is 5.32 Å². The van der Waals surface area contributed by atoms with Crippen molar-refractivity contribution in [2.75, 3.05) is 12.3 Å². The Bertz CT molecular complexity index is 867. The largest absolute Gasteiger partial charge is 0.351 e. The second kappa shape index (κ2) is 11.2. The Kier molecular flexibility index (Phi) is 8.34. The molecule has 0 spiro atoms. The fourth-order valence-corrected chi connectivity index (χ4v) is 4.35. The molecule has 0 radical (unpaired) electrons. The van der Waals surface area contributed by atoms with E-state index < -0.39 is 0 Å². The maximum Gasteiger partial charge on any atom is 0.251 e. The van der Waals surface area contributed by atoms with E-state index in [0.29, 0.717) is 12.1 Å². The van der Waals surface area contributed by atoms with E-state index in [1.54, 1.807) is 11.8 Å². The van der Waals surface area contributed by atoms with E-state index in [4.69, 9.17) is 11.6 Å². The number of hydrogen-bond acceptors (Lipinski definition) is 3. The molecule has 3 aromatic rings. The van der Waals surface area contributed by atoms with Gasteiger partial charge in [0.05, 0.1) is 0 Å². The van der Waals surface area contributed by atoms with Crippen LogP contribution in [0.15, 0.2) is 83.8 Å². The van der Waals surface area contributed by atoms with Crippen molar-refractivity contribution in [2.45, 2.75) is 16.4 Å². The van der Waals surface area contributed by atoms with Crippen molar-refractivity contribution in [1.29, 1.82) is 0 Å². The van der Waals surface area contributed by atoms with Gasteiger partial charge in [-0.3, -0.25) is 4.79 Å². The van der Waals surface area contributed by atoms with Gasteiger partial charge in [-0.1, -0.05) is 54.1 Å². The van der Waals surface area contributed by atoms with Gasteiger partial charge in [0.2, 0.25) is 0 Å². The summed E-state index contributed by atoms with van der Waals surface area (Å²) in [5.74, 6) is 2.71. The summed E-state index contributed by atoms with van der Waals surface area (Å²) in [6.07, 6.45) is 0. The summed E-state index contributed by atoms with van der Waals surface area (Å²) in [4.78, 5) is 13.4. The maximum absolute atomic E-state index is 12.3. The average Bonchev–Trinajstić information content (AvgIpc) is 2.74. The Balaban J connectivity index is 1.37. The van der Waals surface area contributed by atoms with Crippen molar-refractivity contribution in [3.8, 4) is 0 Å². The van der Waals surface area contributed by atoms with E-state index in [-0.39, 0.29) is 5.91 Å². The Morgan fingerprint density at radius 1 is 0.821 bits per heavy atom. The maximum atomic E-state index is 12.3. The summed E-state index contributed by atoms with van der Waals surface area (Å²) in [5, 5.41) is 3.74. The van der Waals surface area contributed by atoms with Gasteiger partial charge >= 0.3 is 0 Å². The lowest BCUT2D eigenvalue weighted by molar-refractivity contribution is 0.0956. The van der Waals surface area contributed by atoms with Gasteiger partial charge in [-0.25, -0.2) is 0 Å². The summed E-state index contributed by atoms with van der Waals surface area (Å²) in [5.41, 5.74) is 3.20. The minimum Gasteiger partial charge on any atom is -0.351 e. The molecule has 0 aliphatic rings. The first-order chi connectivity index (χ1) is 13.7. The van der Waals surface area contributed by atoms with E-state index in [1.807, 2.05) is 66.4 Å². The van der Waals surface area contributed by atoms with Crippen LogP contribution in [-0.4, -0.2) is 18.2 Å². The molecule has 0 atom stereocenters. The first-order valence-corrected chi connectivity index (χ1v) is 11.6. The smallest absolute Gasteiger partial charge is 0.251 e. The van der Waals surface area contributed by atoms with E-state index in [0.717, 1.165) is 22.3 Å². The van der Waals surface area contributed by atoms with Crippen molar-refractivity contribution < 1.29 is 4.79 Å². The van der Waals surface area contributed by atoms with Crippen LogP contribution >= 0.6 is 35.1 Å². The molecule has 3 aromatic carbocycles. The van der Waals surface area contributed by atoms with E-state index in [9.17, 15) is 4.79 Å². The number of thioether (sulfide) groups is 2. The molecule has 3 rings (SSSR count). The number of benzene rings is 3. The molecule has 5 heteroatoms. The summed E-state index contributed by atoms with van der Waals surface area (Å²) in [7, 11) is 0. The van der Waals surface area contributed by atoms with Gasteiger partial charge in [-0.15, -0.1) is 11.8 Å². The lowest BCUT2D eigenvalue weighted by Crippen LogP contribution is -2.25. The number of rotatable bonds is 9. The van der Waals surface area contributed by atoms with Crippen molar-refractivity contribution in [3.05, 3.63) is 101 Å². The molecule has 144 valence electrons. The molecule has 1 amide bonds. The van der Waals surface area contributed by atoms with Crippen molar-refractivity contribution in [1.82, 2.24) is 5.32 Å². The fourth-order valence-electron chi connectivity index (χ4n) is 2.55. The van der Waals surface area contributed by atoms with Crippen LogP contribution in [0.1, 0.15) is 21.5 Å². The summed E-state index contributed by atoms with van der Waals surface area (Å²) in [6.45, 7) is 0.671. The number of nitrogens with one attached hydrogen (secondary N) is 1. The second-order valence-corrected chi connectivity index (χ2v) is 8.82. The highest BCUT2D eigenvalue weighted by molar-refractivity contribution is 7.98. The van der Waals surface area contributed by atoms with Crippen molar-refractivity contribution >= 4 is 41.0 Å². The molecule has 0 aliphatic carbocycles. The highest BCUT2D eigenvalue weighted by Gasteiger charge is 2.05. The number of carbonyl (C=O) groups excluding carboxylic acids is 1. The first-order valence-electron chi connectivity index (χ1n) is 9.08. The molecule has 0 aromatic heterocycles. The Morgan fingerprint density at radius 2 is 1.50 bits per heavy atom. The van der Waals surface area contributed by atoms with E-state index in [2.05, 4.69) is 29.6 Å². The normalized spacial score (nSPS) is 10.6. The van der Waals surface area contributed by atoms with Crippen LogP contribution in [0.5, 0.6) is 0 Å². The molecule has 1 N–H and O–H groups in total. The zero-order valence-corrected chi connectivity index (χ0v) is 17.8. The predicted octanol–water partition coefficient (Wildman–Crippen LogP) is 6.30. The second-order valence-electron chi connectivity index (χ2n) is 6.23. The van der Waals surface area contributed by atoms with Gasteiger partial charge in [-0.05, 0) is 47.5 Å². The summed E-state index contributed by atoms with van der Waals surface area (Å²) < 4.78 is 0. The number of halogens is 1. The van der Waals surface area contributed by atoms with Gasteiger partial charge < -0.3 is 5.32 Å². The molecular formula is C23H22ClNOS2. The van der Waals surface area contributed by atoms with E-state index in [1.165, 1.54) is 16.0 Å². The van der Waals surface area contributed by atoms with Crippen LogP contribution in [0.3, 0.4) is 0 Å². The molecule has 0 aliphatic heterocycles. The number of hydrogen-bond donors (Lipinski definition) is 1. The SMILES string of the molecule is O=C(NCCSCc1ccccc1)c1ccc(CSc2ccc(Cl)cc2)cc1. The minimum absolute atomic E-state index is 0.0165. The highest BCUT2D eigenvalue weighted by atomic mass is 35.5. The molecular weight excluding hydrogens is 406 g/mol. The van der Waals surface area contributed by atoms with Crippen molar-refractivity contribution in [3.63, 3.8) is 0 Å². The Morgan fingerprint density at radius 3 is 2.21 bits per heavy atom. The molecule has 28 heavy (non-hydrogen) atoms. The summed E-state index contributed by atoms with van der Waals surface area (Å²) >= 11 is 9.49. The lowest BCUT2D eigenvalue weighted by Gasteiger charge is -2.07. The third-order valence-corrected chi connectivity index (χ3v) is 6.44. The lowest BCUT2D eigenvalue weighted by atomic mass is 10.1. The fraction of sp³-hybridized carbons (Fsp3) is 0.174. The Labute approximate surface area is 180 Å². The molecule has 0 fully saturated rings. The first kappa shape index (κ1) is 20.8. The number of amides is 1. The van der Waals surface area contributed by atoms with E-state index >= 15 is 0 Å². The predicted molar refractivity (Wildman–Crippen MR) is 122 cm³/mol. The average molecular weight is 428 g/mol. The standard InChI is InChI=1S/C23H22ClNOS2/c24-21-10-12-22(13-11-21)28-17-19-6-8-20(9-7-19)23(26)25-14-15-27-16-18-4-2-1-3-5-18/h1-13H,14-17H2,(H,25,26). The Hall–Kier alpha value is -1.88. The van der Waals surface area contributed by atoms with Crippen LogP contribution in [0.2, 0.25) is 5.02 Å². The quantitative estimate of drug-likeness (QED) is 0.321. The molecule has 0 saturated heterocycles. The zero-order chi connectivity index (χ0) is 19.6. The molecule has 0 bridgehead atoms. The van der Waals surface area contributed by atoms with Crippen LogP contribution in [0, 0.1) is 0 Å². The topological polar surface area (TPSA) is 29.1 Å². The molecule has 2 nitrogen and oxygen atoms in total. The third-order valence-electron chi connectivity index (χ3n) is 4.08. The van der Waals surface area contributed by atoms with Gasteiger partial charge in [0.15, 0.2) is 0 Å². The molecule has 0 heterocycles. The zero-order valence-electron chi connectivity index (χ0n) is 15.4. The van der Waals surface area contributed by atoms with Gasteiger partial charge in [0.1, 0.15) is 0 Å². The van der Waals surface area contributed by atoms with Gasteiger partial charge in [0.25, 0.3) is 5.91 Å².